The normalized spacial score (nSPS) is 14.0. The van der Waals surface area contributed by atoms with E-state index in [4.69, 9.17) is 5.11 Å². The Hall–Kier alpha value is -1.05. The summed E-state index contributed by atoms with van der Waals surface area (Å²) in [6, 6.07) is 2.21. The molecule has 0 radical (unpaired) electrons. The highest BCUT2D eigenvalue weighted by atomic mass is 32.2. The van der Waals surface area contributed by atoms with Crippen molar-refractivity contribution in [3.63, 3.8) is 0 Å². The first-order valence-corrected chi connectivity index (χ1v) is 6.29. The van der Waals surface area contributed by atoms with Crippen molar-refractivity contribution in [1.29, 1.82) is 0 Å². The fourth-order valence-corrected chi connectivity index (χ4v) is 2.62. The first kappa shape index (κ1) is 14.0. The fourth-order valence-electron chi connectivity index (χ4n) is 1.19. The zero-order valence-corrected chi connectivity index (χ0v) is 10.2. The average Bonchev–Trinajstić information content (AvgIpc) is 2.30. The fraction of sp³-hybridized carbons (Fsp3) is 0.400. The van der Waals surface area contributed by atoms with Crippen LogP contribution < -0.4 is 0 Å². The molecular weight excluding hydrogens is 252 g/mol. The molecule has 7 heteroatoms. The van der Waals surface area contributed by atoms with Gasteiger partial charge in [-0.1, -0.05) is 6.07 Å². The van der Waals surface area contributed by atoms with Gasteiger partial charge in [-0.25, -0.2) is 17.2 Å². The molecule has 0 heterocycles. The number of halogens is 2. The van der Waals surface area contributed by atoms with Crippen LogP contribution >= 0.6 is 0 Å². The number of hydrogen-bond acceptors (Lipinski definition) is 3. The highest BCUT2D eigenvalue weighted by Crippen LogP contribution is 2.21. The van der Waals surface area contributed by atoms with Gasteiger partial charge in [0.05, 0.1) is 6.61 Å². The van der Waals surface area contributed by atoms with Crippen LogP contribution in [0.5, 0.6) is 0 Å². The summed E-state index contributed by atoms with van der Waals surface area (Å²) in [6.45, 7) is 1.04. The third kappa shape index (κ3) is 2.62. The van der Waals surface area contributed by atoms with Crippen molar-refractivity contribution >= 4 is 10.0 Å². The lowest BCUT2D eigenvalue weighted by atomic mass is 10.3. The van der Waals surface area contributed by atoms with Crippen LogP contribution in [-0.4, -0.2) is 37.5 Å². The second kappa shape index (κ2) is 5.07. The lowest BCUT2D eigenvalue weighted by molar-refractivity contribution is 0.213. The Morgan fingerprint density at radius 3 is 2.53 bits per heavy atom. The Labute approximate surface area is 98.5 Å². The molecule has 0 aliphatic carbocycles. The van der Waals surface area contributed by atoms with Gasteiger partial charge in [-0.05, 0) is 19.1 Å². The van der Waals surface area contributed by atoms with Crippen LogP contribution in [0.4, 0.5) is 8.78 Å². The average molecular weight is 265 g/mol. The van der Waals surface area contributed by atoms with E-state index in [9.17, 15) is 17.2 Å². The molecule has 0 aliphatic rings. The van der Waals surface area contributed by atoms with Gasteiger partial charge in [0.1, 0.15) is 4.90 Å². The molecule has 0 aromatic heterocycles. The Bertz CT molecular complexity index is 504. The number of benzene rings is 1. The molecule has 0 aliphatic heterocycles. The third-order valence-corrected chi connectivity index (χ3v) is 4.45. The Morgan fingerprint density at radius 2 is 2.00 bits per heavy atom. The molecule has 96 valence electrons. The van der Waals surface area contributed by atoms with Crippen molar-refractivity contribution < 1.29 is 22.3 Å². The highest BCUT2D eigenvalue weighted by Gasteiger charge is 2.28. The van der Waals surface area contributed by atoms with E-state index in [2.05, 4.69) is 0 Å². The summed E-state index contributed by atoms with van der Waals surface area (Å²) in [4.78, 5) is -0.736. The van der Waals surface area contributed by atoms with Crippen molar-refractivity contribution in [1.82, 2.24) is 4.31 Å². The maximum absolute atomic E-state index is 13.4. The zero-order valence-electron chi connectivity index (χ0n) is 9.39. The minimum absolute atomic E-state index is 0.410. The standard InChI is InChI=1S/C10H13F2NO3S/c1-7(6-14)13(2)17(15,16)9-5-3-4-8(11)10(9)12/h3-5,7,14H,6H2,1-2H3. The molecule has 1 N–H and O–H groups in total. The summed E-state index contributed by atoms with van der Waals surface area (Å²) in [5.41, 5.74) is 0. The number of likely N-dealkylation sites (N-methyl/N-ethyl adjacent to an activating group) is 1. The van der Waals surface area contributed by atoms with Crippen LogP contribution in [-0.2, 0) is 10.0 Å². The lowest BCUT2D eigenvalue weighted by Crippen LogP contribution is -2.37. The molecule has 1 rings (SSSR count). The van der Waals surface area contributed by atoms with Gasteiger partial charge >= 0.3 is 0 Å². The van der Waals surface area contributed by atoms with E-state index in [0.717, 1.165) is 22.5 Å². The van der Waals surface area contributed by atoms with Crippen LogP contribution in [0.1, 0.15) is 6.92 Å². The smallest absolute Gasteiger partial charge is 0.246 e. The first-order valence-electron chi connectivity index (χ1n) is 4.85. The minimum atomic E-state index is -4.15. The van der Waals surface area contributed by atoms with Crippen LogP contribution in [0.2, 0.25) is 0 Å². The van der Waals surface area contributed by atoms with E-state index in [1.807, 2.05) is 0 Å². The molecule has 0 bridgehead atoms. The number of aliphatic hydroxyl groups is 1. The second-order valence-corrected chi connectivity index (χ2v) is 5.57. The molecule has 1 unspecified atom stereocenters. The van der Waals surface area contributed by atoms with Gasteiger partial charge in [0.2, 0.25) is 10.0 Å². The van der Waals surface area contributed by atoms with E-state index in [-0.39, 0.29) is 0 Å². The second-order valence-electron chi connectivity index (χ2n) is 3.60. The van der Waals surface area contributed by atoms with Crippen LogP contribution in [0.15, 0.2) is 23.1 Å². The monoisotopic (exact) mass is 265 g/mol. The van der Waals surface area contributed by atoms with Gasteiger partial charge in [0, 0.05) is 13.1 Å². The Balaban J connectivity index is 3.27. The molecule has 0 fully saturated rings. The summed E-state index contributed by atoms with van der Waals surface area (Å²) in [6.07, 6.45) is 0. The summed E-state index contributed by atoms with van der Waals surface area (Å²) in [5.74, 6) is -2.64. The van der Waals surface area contributed by atoms with Gasteiger partial charge in [0.15, 0.2) is 11.6 Å². The number of nitrogens with zero attached hydrogens (tertiary/aromatic N) is 1. The molecule has 0 amide bonds. The molecule has 1 aromatic carbocycles. The predicted octanol–water partition coefficient (Wildman–Crippen LogP) is 0.966. The quantitative estimate of drug-likeness (QED) is 0.882. The van der Waals surface area contributed by atoms with Gasteiger partial charge in [-0.3, -0.25) is 0 Å². The number of sulfonamides is 1. The molecule has 4 nitrogen and oxygen atoms in total. The van der Waals surface area contributed by atoms with E-state index >= 15 is 0 Å². The highest BCUT2D eigenvalue weighted by molar-refractivity contribution is 7.89. The van der Waals surface area contributed by atoms with Crippen molar-refractivity contribution in [3.8, 4) is 0 Å². The number of hydrogen-bond donors (Lipinski definition) is 1. The molecule has 1 aromatic rings. The minimum Gasteiger partial charge on any atom is -0.395 e. The first-order chi connectivity index (χ1) is 7.82. The summed E-state index contributed by atoms with van der Waals surface area (Å²) in [5, 5.41) is 8.87. The van der Waals surface area contributed by atoms with E-state index in [1.54, 1.807) is 0 Å². The Morgan fingerprint density at radius 1 is 1.41 bits per heavy atom. The van der Waals surface area contributed by atoms with Crippen molar-refractivity contribution in [2.24, 2.45) is 0 Å². The lowest BCUT2D eigenvalue weighted by Gasteiger charge is -2.22. The predicted molar refractivity (Wildman–Crippen MR) is 57.9 cm³/mol. The molecular formula is C10H13F2NO3S. The summed E-state index contributed by atoms with van der Waals surface area (Å²) < 4.78 is 51.0. The SMILES string of the molecule is CC(CO)N(C)S(=O)(=O)c1cccc(F)c1F. The topological polar surface area (TPSA) is 57.6 Å². The maximum Gasteiger partial charge on any atom is 0.246 e. The number of rotatable bonds is 4. The van der Waals surface area contributed by atoms with Gasteiger partial charge in [-0.15, -0.1) is 0 Å². The van der Waals surface area contributed by atoms with Crippen molar-refractivity contribution in [2.45, 2.75) is 17.9 Å². The maximum atomic E-state index is 13.4. The van der Waals surface area contributed by atoms with Crippen LogP contribution in [0.3, 0.4) is 0 Å². The van der Waals surface area contributed by atoms with E-state index in [1.165, 1.54) is 14.0 Å². The molecule has 0 saturated heterocycles. The van der Waals surface area contributed by atoms with Crippen LogP contribution in [0.25, 0.3) is 0 Å². The van der Waals surface area contributed by atoms with E-state index in [0.29, 0.717) is 0 Å². The van der Waals surface area contributed by atoms with Gasteiger partial charge in [0.25, 0.3) is 0 Å². The molecule has 0 saturated carbocycles. The van der Waals surface area contributed by atoms with Gasteiger partial charge < -0.3 is 5.11 Å². The third-order valence-electron chi connectivity index (χ3n) is 2.46. The molecule has 17 heavy (non-hydrogen) atoms. The number of aliphatic hydroxyl groups excluding tert-OH is 1. The van der Waals surface area contributed by atoms with Crippen molar-refractivity contribution in [2.75, 3.05) is 13.7 Å². The van der Waals surface area contributed by atoms with E-state index < -0.39 is 39.2 Å². The largest absolute Gasteiger partial charge is 0.395 e. The Kier molecular flexibility index (Phi) is 4.18. The zero-order chi connectivity index (χ0) is 13.2. The van der Waals surface area contributed by atoms with Gasteiger partial charge in [-0.2, -0.15) is 4.31 Å². The summed E-state index contributed by atoms with van der Waals surface area (Å²) >= 11 is 0. The van der Waals surface area contributed by atoms with Crippen LogP contribution in [0, 0.1) is 11.6 Å². The molecule has 1 atom stereocenters. The molecule has 0 spiro atoms. The summed E-state index contributed by atoms with van der Waals surface area (Å²) in [7, 11) is -2.95. The van der Waals surface area contributed by atoms with Crippen molar-refractivity contribution in [3.05, 3.63) is 29.8 Å².